The van der Waals surface area contributed by atoms with Crippen molar-refractivity contribution in [1.82, 2.24) is 24.6 Å². The first-order valence-electron chi connectivity index (χ1n) is 10.2. The number of carbonyl (C=O) groups excluding carboxylic acids is 1. The fraction of sp³-hybridized carbons (Fsp3) is 0.217. The van der Waals surface area contributed by atoms with Gasteiger partial charge in [0, 0.05) is 18.7 Å². The second-order valence-corrected chi connectivity index (χ2v) is 8.44. The fourth-order valence-corrected chi connectivity index (χ4v) is 4.95. The van der Waals surface area contributed by atoms with E-state index in [1.165, 1.54) is 17.3 Å². The molecule has 1 aliphatic heterocycles. The molecule has 3 heterocycles. The van der Waals surface area contributed by atoms with Gasteiger partial charge in [-0.3, -0.25) is 14.2 Å². The third-order valence-corrected chi connectivity index (χ3v) is 6.47. The van der Waals surface area contributed by atoms with Gasteiger partial charge in [0.05, 0.1) is 17.9 Å². The molecule has 8 heteroatoms. The summed E-state index contributed by atoms with van der Waals surface area (Å²) < 4.78 is 3.34. The SMILES string of the molecule is O=C(C[C@@H]1CSc2nc3c(cnn3-c3ccccc3)c(=O)n21)NCCc1ccccc1. The Morgan fingerprint density at radius 1 is 1.10 bits per heavy atom. The van der Waals surface area contributed by atoms with Crippen molar-refractivity contribution in [3.63, 3.8) is 0 Å². The zero-order valence-electron chi connectivity index (χ0n) is 16.8. The lowest BCUT2D eigenvalue weighted by Gasteiger charge is -2.13. The number of aromatic nitrogens is 4. The molecule has 1 N–H and O–H groups in total. The zero-order valence-corrected chi connectivity index (χ0v) is 17.6. The molecule has 0 aliphatic carbocycles. The maximum absolute atomic E-state index is 13.2. The van der Waals surface area contributed by atoms with Gasteiger partial charge in [-0.1, -0.05) is 60.3 Å². The van der Waals surface area contributed by atoms with Crippen molar-refractivity contribution in [3.05, 3.63) is 82.8 Å². The molecule has 1 aliphatic rings. The van der Waals surface area contributed by atoms with E-state index < -0.39 is 0 Å². The van der Waals surface area contributed by atoms with E-state index in [0.29, 0.717) is 28.5 Å². The van der Waals surface area contributed by atoms with Gasteiger partial charge in [-0.25, -0.2) is 9.67 Å². The van der Waals surface area contributed by atoms with Gasteiger partial charge in [-0.15, -0.1) is 0 Å². The maximum Gasteiger partial charge on any atom is 0.265 e. The normalized spacial score (nSPS) is 15.2. The first-order valence-corrected chi connectivity index (χ1v) is 11.2. The largest absolute Gasteiger partial charge is 0.356 e. The van der Waals surface area contributed by atoms with E-state index in [4.69, 9.17) is 4.98 Å². The van der Waals surface area contributed by atoms with Crippen molar-refractivity contribution in [1.29, 1.82) is 0 Å². The van der Waals surface area contributed by atoms with Crippen LogP contribution in [0.5, 0.6) is 0 Å². The molecule has 2 aromatic carbocycles. The lowest BCUT2D eigenvalue weighted by Crippen LogP contribution is -2.31. The van der Waals surface area contributed by atoms with E-state index in [1.54, 1.807) is 15.4 Å². The van der Waals surface area contributed by atoms with Crippen LogP contribution in [0.3, 0.4) is 0 Å². The number of hydrogen-bond acceptors (Lipinski definition) is 5. The standard InChI is InChI=1S/C23H21N5O2S/c29-20(24-12-11-16-7-3-1-4-8-16)13-18-15-31-23-26-21-19(22(30)27(18)23)14-25-28(21)17-9-5-2-6-10-17/h1-10,14,18H,11-13,15H2,(H,24,29)/t18-/m1/s1. The molecule has 156 valence electrons. The van der Waals surface area contributed by atoms with Crippen molar-refractivity contribution in [2.45, 2.75) is 24.0 Å². The predicted octanol–water partition coefficient (Wildman–Crippen LogP) is 2.98. The lowest BCUT2D eigenvalue weighted by atomic mass is 10.1. The van der Waals surface area contributed by atoms with Crippen LogP contribution in [0.4, 0.5) is 0 Å². The highest BCUT2D eigenvalue weighted by Crippen LogP contribution is 2.33. The molecule has 1 atom stereocenters. The Morgan fingerprint density at radius 2 is 1.84 bits per heavy atom. The molecule has 0 radical (unpaired) electrons. The third kappa shape index (κ3) is 3.86. The predicted molar refractivity (Wildman–Crippen MR) is 121 cm³/mol. The highest BCUT2D eigenvalue weighted by molar-refractivity contribution is 7.99. The number of thioether (sulfide) groups is 1. The number of amides is 1. The summed E-state index contributed by atoms with van der Waals surface area (Å²) in [5.41, 5.74) is 2.44. The monoisotopic (exact) mass is 431 g/mol. The Hall–Kier alpha value is -3.39. The van der Waals surface area contributed by atoms with E-state index in [0.717, 1.165) is 12.1 Å². The molecule has 0 saturated heterocycles. The van der Waals surface area contributed by atoms with E-state index in [-0.39, 0.29) is 23.9 Å². The van der Waals surface area contributed by atoms with Crippen LogP contribution in [0.15, 0.2) is 76.8 Å². The number of para-hydroxylation sites is 1. The second kappa shape index (κ2) is 8.39. The van der Waals surface area contributed by atoms with Crippen LogP contribution >= 0.6 is 11.8 Å². The average Bonchev–Trinajstić information content (AvgIpc) is 3.40. The molecular weight excluding hydrogens is 410 g/mol. The highest BCUT2D eigenvalue weighted by Gasteiger charge is 2.29. The summed E-state index contributed by atoms with van der Waals surface area (Å²) in [5.74, 6) is 0.598. The summed E-state index contributed by atoms with van der Waals surface area (Å²) in [7, 11) is 0. The van der Waals surface area contributed by atoms with Crippen LogP contribution in [0, 0.1) is 0 Å². The molecule has 0 bridgehead atoms. The summed E-state index contributed by atoms with van der Waals surface area (Å²) >= 11 is 1.51. The molecule has 5 rings (SSSR count). The summed E-state index contributed by atoms with van der Waals surface area (Å²) in [4.78, 5) is 30.4. The van der Waals surface area contributed by atoms with Crippen LogP contribution in [-0.2, 0) is 11.2 Å². The highest BCUT2D eigenvalue weighted by atomic mass is 32.2. The Balaban J connectivity index is 1.33. The second-order valence-electron chi connectivity index (χ2n) is 7.45. The van der Waals surface area contributed by atoms with Crippen LogP contribution < -0.4 is 10.9 Å². The average molecular weight is 432 g/mol. The van der Waals surface area contributed by atoms with Gasteiger partial charge in [0.2, 0.25) is 5.91 Å². The number of hydrogen-bond donors (Lipinski definition) is 1. The van der Waals surface area contributed by atoms with Gasteiger partial charge in [-0.05, 0) is 24.1 Å². The summed E-state index contributed by atoms with van der Waals surface area (Å²) in [6.07, 6.45) is 2.60. The topological polar surface area (TPSA) is 81.8 Å². The molecule has 2 aromatic heterocycles. The minimum Gasteiger partial charge on any atom is -0.356 e. The maximum atomic E-state index is 13.2. The van der Waals surface area contributed by atoms with Crippen molar-refractivity contribution in [2.24, 2.45) is 0 Å². The Kier molecular flexibility index (Phi) is 5.30. The van der Waals surface area contributed by atoms with Crippen molar-refractivity contribution >= 4 is 28.7 Å². The zero-order chi connectivity index (χ0) is 21.2. The van der Waals surface area contributed by atoms with Crippen LogP contribution in [0.1, 0.15) is 18.0 Å². The molecule has 0 unspecified atom stereocenters. The summed E-state index contributed by atoms with van der Waals surface area (Å²) in [5, 5.41) is 8.44. The van der Waals surface area contributed by atoms with E-state index in [9.17, 15) is 9.59 Å². The number of fused-ring (bicyclic) bond motifs is 2. The molecule has 1 amide bonds. The first kappa shape index (κ1) is 19.6. The number of benzene rings is 2. The van der Waals surface area contributed by atoms with Crippen LogP contribution in [0.25, 0.3) is 16.7 Å². The smallest absolute Gasteiger partial charge is 0.265 e. The molecule has 7 nitrogen and oxygen atoms in total. The van der Waals surface area contributed by atoms with Gasteiger partial charge in [-0.2, -0.15) is 5.10 Å². The Morgan fingerprint density at radius 3 is 2.61 bits per heavy atom. The Bertz CT molecular complexity index is 1280. The van der Waals surface area contributed by atoms with E-state index in [1.807, 2.05) is 60.7 Å². The van der Waals surface area contributed by atoms with Crippen LogP contribution in [-0.4, -0.2) is 37.5 Å². The quantitative estimate of drug-likeness (QED) is 0.475. The summed E-state index contributed by atoms with van der Waals surface area (Å²) in [6.45, 7) is 0.575. The number of carbonyl (C=O) groups is 1. The van der Waals surface area contributed by atoms with E-state index in [2.05, 4.69) is 10.4 Å². The first-order chi connectivity index (χ1) is 15.2. The lowest BCUT2D eigenvalue weighted by molar-refractivity contribution is -0.121. The minimum atomic E-state index is -0.207. The molecule has 0 spiro atoms. The van der Waals surface area contributed by atoms with Gasteiger partial charge in [0.25, 0.3) is 5.56 Å². The number of nitrogens with zero attached hydrogens (tertiary/aromatic N) is 4. The van der Waals surface area contributed by atoms with Gasteiger partial charge < -0.3 is 5.32 Å². The minimum absolute atomic E-state index is 0.0543. The number of rotatable bonds is 6. The van der Waals surface area contributed by atoms with Crippen molar-refractivity contribution in [2.75, 3.05) is 12.3 Å². The van der Waals surface area contributed by atoms with Gasteiger partial charge >= 0.3 is 0 Å². The molecule has 4 aromatic rings. The van der Waals surface area contributed by atoms with E-state index >= 15 is 0 Å². The third-order valence-electron chi connectivity index (χ3n) is 5.37. The molecule has 0 fully saturated rings. The van der Waals surface area contributed by atoms with Crippen LogP contribution in [0.2, 0.25) is 0 Å². The molecule has 0 saturated carbocycles. The fourth-order valence-electron chi connectivity index (χ4n) is 3.82. The summed E-state index contributed by atoms with van der Waals surface area (Å²) in [6, 6.07) is 19.5. The van der Waals surface area contributed by atoms with Gasteiger partial charge in [0.15, 0.2) is 10.8 Å². The number of nitrogens with one attached hydrogen (secondary N) is 1. The molecule has 31 heavy (non-hydrogen) atoms. The van der Waals surface area contributed by atoms with Crippen molar-refractivity contribution in [3.8, 4) is 5.69 Å². The van der Waals surface area contributed by atoms with Crippen molar-refractivity contribution < 1.29 is 4.79 Å². The molecular formula is C23H21N5O2S. The Labute approximate surface area is 183 Å². The van der Waals surface area contributed by atoms with Gasteiger partial charge in [0.1, 0.15) is 5.39 Å².